The number of rotatable bonds is 3. The van der Waals surface area contributed by atoms with Crippen molar-refractivity contribution < 1.29 is 17.6 Å². The molecule has 3 N–H and O–H groups in total. The van der Waals surface area contributed by atoms with Gasteiger partial charge in [0.05, 0.1) is 12.2 Å². The molecule has 0 amide bonds. The number of nitrogens with two attached hydrogens (primary N) is 1. The van der Waals surface area contributed by atoms with Gasteiger partial charge in [-0.05, 0) is 0 Å². The number of aromatic nitrogens is 2. The highest BCUT2D eigenvalue weighted by molar-refractivity contribution is 5.52. The lowest BCUT2D eigenvalue weighted by molar-refractivity contribution is 0.494. The van der Waals surface area contributed by atoms with E-state index in [1.165, 1.54) is 0 Å². The molecule has 0 aliphatic heterocycles. The van der Waals surface area contributed by atoms with Crippen LogP contribution >= 0.6 is 0 Å². The summed E-state index contributed by atoms with van der Waals surface area (Å²) in [5, 5.41) is 9.31. The van der Waals surface area contributed by atoms with Crippen molar-refractivity contribution in [3.63, 3.8) is 0 Å². The first-order chi connectivity index (χ1) is 8.10. The third kappa shape index (κ3) is 2.36. The summed E-state index contributed by atoms with van der Waals surface area (Å²) in [4.78, 5) is 0. The molecule has 5 nitrogen and oxygen atoms in total. The highest BCUT2D eigenvalue weighted by Gasteiger charge is 2.12. The molecule has 1 aromatic carbocycles. The van der Waals surface area contributed by atoms with E-state index < -0.39 is 17.5 Å². The van der Waals surface area contributed by atoms with Crippen molar-refractivity contribution in [1.82, 2.24) is 10.2 Å². The van der Waals surface area contributed by atoms with Crippen molar-refractivity contribution in [1.29, 1.82) is 0 Å². The predicted molar refractivity (Wildman–Crippen MR) is 51.8 cm³/mol. The van der Waals surface area contributed by atoms with Gasteiger partial charge in [-0.25, -0.2) is 13.2 Å². The number of halogens is 3. The Hall–Kier alpha value is -2.09. The Kier molecular flexibility index (Phi) is 2.96. The predicted octanol–water partition coefficient (Wildman–Crippen LogP) is 1.69. The van der Waals surface area contributed by atoms with E-state index in [1.807, 2.05) is 0 Å². The van der Waals surface area contributed by atoms with Crippen molar-refractivity contribution in [3.05, 3.63) is 35.5 Å². The Morgan fingerprint density at radius 2 is 1.82 bits per heavy atom. The van der Waals surface area contributed by atoms with Crippen LogP contribution in [0.4, 0.5) is 24.9 Å². The smallest absolute Gasteiger partial charge is 0.320 e. The van der Waals surface area contributed by atoms with E-state index in [1.54, 1.807) is 0 Å². The van der Waals surface area contributed by atoms with E-state index in [0.717, 1.165) is 0 Å². The summed E-state index contributed by atoms with van der Waals surface area (Å²) in [6.07, 6.45) is 0. The lowest BCUT2D eigenvalue weighted by Gasteiger charge is -2.03. The van der Waals surface area contributed by atoms with Crippen LogP contribution < -0.4 is 11.1 Å². The van der Waals surface area contributed by atoms with Crippen molar-refractivity contribution >= 4 is 11.7 Å². The minimum atomic E-state index is -1.28. The minimum Gasteiger partial charge on any atom is -0.406 e. The maximum absolute atomic E-state index is 13.2. The van der Waals surface area contributed by atoms with Crippen LogP contribution in [0.25, 0.3) is 0 Å². The van der Waals surface area contributed by atoms with Crippen molar-refractivity contribution in [3.8, 4) is 0 Å². The molecule has 8 heteroatoms. The third-order valence-corrected chi connectivity index (χ3v) is 1.89. The average molecular weight is 244 g/mol. The van der Waals surface area contributed by atoms with Crippen LogP contribution in [0.2, 0.25) is 0 Å². The zero-order valence-corrected chi connectivity index (χ0v) is 8.38. The van der Waals surface area contributed by atoms with Crippen LogP contribution in [0.5, 0.6) is 0 Å². The van der Waals surface area contributed by atoms with Crippen molar-refractivity contribution in [2.24, 2.45) is 5.73 Å². The Labute approximate surface area is 93.4 Å². The minimum absolute atomic E-state index is 0.0228. The molecule has 0 unspecified atom stereocenters. The summed E-state index contributed by atoms with van der Waals surface area (Å²) >= 11 is 0. The van der Waals surface area contributed by atoms with Gasteiger partial charge < -0.3 is 15.5 Å². The number of nitrogens with one attached hydrogen (secondary N) is 1. The Morgan fingerprint density at radius 1 is 1.12 bits per heavy atom. The number of nitrogens with zero attached hydrogens (tertiary/aromatic N) is 2. The van der Waals surface area contributed by atoms with Gasteiger partial charge in [0.2, 0.25) is 5.89 Å². The van der Waals surface area contributed by atoms with Crippen LogP contribution in [0, 0.1) is 17.5 Å². The molecule has 0 spiro atoms. The highest BCUT2D eigenvalue weighted by atomic mass is 19.2. The van der Waals surface area contributed by atoms with Gasteiger partial charge in [0.1, 0.15) is 5.82 Å². The zero-order valence-electron chi connectivity index (χ0n) is 8.38. The summed E-state index contributed by atoms with van der Waals surface area (Å²) in [6, 6.07) is 0.907. The number of hydrogen-bond acceptors (Lipinski definition) is 5. The Balaban J connectivity index is 2.26. The maximum atomic E-state index is 13.2. The first-order valence-corrected chi connectivity index (χ1v) is 4.54. The summed E-state index contributed by atoms with van der Waals surface area (Å²) in [6.45, 7) is 0.0228. The van der Waals surface area contributed by atoms with Gasteiger partial charge in [0.25, 0.3) is 0 Å². The zero-order chi connectivity index (χ0) is 12.4. The molecule has 90 valence electrons. The normalized spacial score (nSPS) is 10.6. The maximum Gasteiger partial charge on any atom is 0.320 e. The summed E-state index contributed by atoms with van der Waals surface area (Å²) < 4.78 is 43.7. The van der Waals surface area contributed by atoms with Gasteiger partial charge in [-0.15, -0.1) is 5.10 Å². The standard InChI is InChI=1S/C9H7F3N4O/c10-4-1-6(12)7(2-5(4)11)14-9-16-15-8(3-13)17-9/h1-2H,3,13H2,(H,14,16). The second kappa shape index (κ2) is 4.42. The fourth-order valence-electron chi connectivity index (χ4n) is 1.12. The quantitative estimate of drug-likeness (QED) is 0.803. The molecular formula is C9H7F3N4O. The molecule has 1 heterocycles. The summed E-state index contributed by atoms with van der Waals surface area (Å²) in [5.41, 5.74) is 4.91. The Morgan fingerprint density at radius 3 is 2.47 bits per heavy atom. The number of benzene rings is 1. The molecule has 0 aliphatic rings. The van der Waals surface area contributed by atoms with Gasteiger partial charge in [-0.1, -0.05) is 5.10 Å². The van der Waals surface area contributed by atoms with Crippen molar-refractivity contribution in [2.45, 2.75) is 6.54 Å². The van der Waals surface area contributed by atoms with E-state index in [4.69, 9.17) is 10.2 Å². The van der Waals surface area contributed by atoms with Crippen LogP contribution in [-0.4, -0.2) is 10.2 Å². The van der Waals surface area contributed by atoms with E-state index in [2.05, 4.69) is 15.5 Å². The monoisotopic (exact) mass is 244 g/mol. The van der Waals surface area contributed by atoms with Crippen LogP contribution in [-0.2, 0) is 6.54 Å². The SMILES string of the molecule is NCc1nnc(Nc2cc(F)c(F)cc2F)o1. The van der Waals surface area contributed by atoms with Crippen LogP contribution in [0.15, 0.2) is 16.5 Å². The van der Waals surface area contributed by atoms with Gasteiger partial charge in [0, 0.05) is 12.1 Å². The van der Waals surface area contributed by atoms with Gasteiger partial charge in [0.15, 0.2) is 11.6 Å². The summed E-state index contributed by atoms with van der Waals surface area (Å²) in [5.74, 6) is -3.31. The highest BCUT2D eigenvalue weighted by Crippen LogP contribution is 2.21. The summed E-state index contributed by atoms with van der Waals surface area (Å²) in [7, 11) is 0. The van der Waals surface area contributed by atoms with Gasteiger partial charge >= 0.3 is 6.01 Å². The van der Waals surface area contributed by atoms with Gasteiger partial charge in [-0.2, -0.15) is 0 Å². The second-order valence-electron chi connectivity index (χ2n) is 3.08. The lowest BCUT2D eigenvalue weighted by Crippen LogP contribution is -1.97. The molecule has 0 saturated heterocycles. The molecule has 0 atom stereocenters. The number of anilines is 2. The molecular weight excluding hydrogens is 237 g/mol. The van der Waals surface area contributed by atoms with Gasteiger partial charge in [-0.3, -0.25) is 0 Å². The Bertz CT molecular complexity index is 543. The molecule has 0 radical (unpaired) electrons. The van der Waals surface area contributed by atoms with E-state index >= 15 is 0 Å². The first kappa shape index (κ1) is 11.4. The molecule has 0 fully saturated rings. The lowest BCUT2D eigenvalue weighted by atomic mass is 10.3. The van der Waals surface area contributed by atoms with E-state index in [-0.39, 0.29) is 24.1 Å². The largest absolute Gasteiger partial charge is 0.406 e. The molecule has 1 aromatic heterocycles. The fraction of sp³-hybridized carbons (Fsp3) is 0.111. The average Bonchev–Trinajstić information content (AvgIpc) is 2.73. The molecule has 2 aromatic rings. The van der Waals surface area contributed by atoms with Crippen LogP contribution in [0.1, 0.15) is 5.89 Å². The molecule has 17 heavy (non-hydrogen) atoms. The van der Waals surface area contributed by atoms with Crippen LogP contribution in [0.3, 0.4) is 0 Å². The number of hydrogen-bond donors (Lipinski definition) is 2. The van der Waals surface area contributed by atoms with Crippen molar-refractivity contribution in [2.75, 3.05) is 5.32 Å². The molecule has 0 bridgehead atoms. The van der Waals surface area contributed by atoms with E-state index in [0.29, 0.717) is 12.1 Å². The third-order valence-electron chi connectivity index (χ3n) is 1.89. The molecule has 2 rings (SSSR count). The molecule has 0 aliphatic carbocycles. The topological polar surface area (TPSA) is 77.0 Å². The fourth-order valence-corrected chi connectivity index (χ4v) is 1.12. The molecule has 0 saturated carbocycles. The second-order valence-corrected chi connectivity index (χ2v) is 3.08. The van der Waals surface area contributed by atoms with E-state index in [9.17, 15) is 13.2 Å². The first-order valence-electron chi connectivity index (χ1n) is 4.54.